The first-order valence-corrected chi connectivity index (χ1v) is 5.03. The number of likely N-dealkylation sites (N-methyl/N-ethyl adjacent to an activating group) is 1. The molecule has 0 aromatic carbocycles. The molecule has 0 rings (SSSR count). The van der Waals surface area contributed by atoms with Crippen molar-refractivity contribution in [1.82, 2.24) is 10.2 Å². The Morgan fingerprint density at radius 2 is 2.33 bits per heavy atom. The van der Waals surface area contributed by atoms with Crippen LogP contribution in [0.3, 0.4) is 0 Å². The van der Waals surface area contributed by atoms with E-state index < -0.39 is 12.1 Å². The Labute approximate surface area is 90.9 Å². The van der Waals surface area contributed by atoms with Gasteiger partial charge in [-0.2, -0.15) is 0 Å². The van der Waals surface area contributed by atoms with E-state index in [4.69, 9.17) is 5.73 Å². The van der Waals surface area contributed by atoms with Crippen LogP contribution >= 0.6 is 0 Å². The van der Waals surface area contributed by atoms with Gasteiger partial charge in [0.05, 0.1) is 6.10 Å². The highest BCUT2D eigenvalue weighted by atomic mass is 16.3. The lowest BCUT2D eigenvalue weighted by molar-refractivity contribution is -0.121. The molecule has 5 nitrogen and oxygen atoms in total. The summed E-state index contributed by atoms with van der Waals surface area (Å²) in [5.41, 5.74) is 5.41. The predicted octanol–water partition coefficient (Wildman–Crippen LogP) is -1.07. The van der Waals surface area contributed by atoms with Gasteiger partial charge in [-0.05, 0) is 13.6 Å². The van der Waals surface area contributed by atoms with E-state index in [1.165, 1.54) is 6.08 Å². The second-order valence-corrected chi connectivity index (χ2v) is 3.52. The van der Waals surface area contributed by atoms with E-state index in [1.807, 2.05) is 18.9 Å². The molecule has 2 atom stereocenters. The monoisotopic (exact) mass is 215 g/mol. The molecule has 0 saturated carbocycles. The maximum Gasteiger partial charge on any atom is 0.240 e. The van der Waals surface area contributed by atoms with E-state index in [0.717, 1.165) is 6.54 Å². The third kappa shape index (κ3) is 6.22. The first-order valence-electron chi connectivity index (χ1n) is 5.03. The zero-order valence-electron chi connectivity index (χ0n) is 9.44. The molecule has 0 saturated heterocycles. The van der Waals surface area contributed by atoms with Crippen LogP contribution in [0.1, 0.15) is 6.92 Å². The van der Waals surface area contributed by atoms with Gasteiger partial charge in [0.15, 0.2) is 0 Å². The number of amides is 1. The predicted molar refractivity (Wildman–Crippen MR) is 60.4 cm³/mol. The molecule has 1 amide bonds. The molecule has 4 N–H and O–H groups in total. The summed E-state index contributed by atoms with van der Waals surface area (Å²) in [6, 6.07) is -0.707. The smallest absolute Gasteiger partial charge is 0.240 e. The average molecular weight is 215 g/mol. The summed E-state index contributed by atoms with van der Waals surface area (Å²) in [6.07, 6.45) is 0.788. The topological polar surface area (TPSA) is 78.6 Å². The van der Waals surface area contributed by atoms with Gasteiger partial charge >= 0.3 is 0 Å². The van der Waals surface area contributed by atoms with E-state index in [1.54, 1.807) is 0 Å². The molecule has 0 fully saturated rings. The average Bonchev–Trinajstić information content (AvgIpc) is 2.24. The van der Waals surface area contributed by atoms with Gasteiger partial charge in [0, 0.05) is 13.1 Å². The SMILES string of the molecule is C=C[C@@H](N)C(=O)NC[C@@H](O)CN(C)CC. The van der Waals surface area contributed by atoms with Crippen LogP contribution in [0.4, 0.5) is 0 Å². The molecule has 0 unspecified atom stereocenters. The number of hydrogen-bond donors (Lipinski definition) is 3. The molecule has 0 aliphatic rings. The number of rotatable bonds is 7. The highest BCUT2D eigenvalue weighted by molar-refractivity contribution is 5.83. The number of aliphatic hydroxyl groups is 1. The quantitative estimate of drug-likeness (QED) is 0.472. The Kier molecular flexibility index (Phi) is 6.94. The highest BCUT2D eigenvalue weighted by Gasteiger charge is 2.12. The van der Waals surface area contributed by atoms with Gasteiger partial charge in [-0.1, -0.05) is 13.0 Å². The number of nitrogens with two attached hydrogens (primary N) is 1. The van der Waals surface area contributed by atoms with Crippen LogP contribution in [0.15, 0.2) is 12.7 Å². The Morgan fingerprint density at radius 1 is 1.73 bits per heavy atom. The summed E-state index contributed by atoms with van der Waals surface area (Å²) < 4.78 is 0. The number of nitrogens with one attached hydrogen (secondary N) is 1. The van der Waals surface area contributed by atoms with Crippen LogP contribution in [0.5, 0.6) is 0 Å². The lowest BCUT2D eigenvalue weighted by Crippen LogP contribution is -2.44. The fourth-order valence-electron chi connectivity index (χ4n) is 0.997. The lowest BCUT2D eigenvalue weighted by atomic mass is 10.2. The van der Waals surface area contributed by atoms with Crippen LogP contribution in [-0.4, -0.2) is 54.7 Å². The zero-order chi connectivity index (χ0) is 11.8. The van der Waals surface area contributed by atoms with Gasteiger partial charge in [-0.3, -0.25) is 4.79 Å². The maximum absolute atomic E-state index is 11.2. The summed E-state index contributed by atoms with van der Waals surface area (Å²) in [7, 11) is 1.90. The van der Waals surface area contributed by atoms with E-state index >= 15 is 0 Å². The molecular weight excluding hydrogens is 194 g/mol. The van der Waals surface area contributed by atoms with Crippen LogP contribution in [0.25, 0.3) is 0 Å². The molecule has 5 heteroatoms. The number of carbonyl (C=O) groups is 1. The minimum absolute atomic E-state index is 0.213. The summed E-state index contributed by atoms with van der Waals surface area (Å²) in [5, 5.41) is 12.1. The van der Waals surface area contributed by atoms with Crippen molar-refractivity contribution in [1.29, 1.82) is 0 Å². The molecule has 0 aliphatic carbocycles. The summed E-state index contributed by atoms with van der Waals surface area (Å²) >= 11 is 0. The number of nitrogens with zero attached hydrogens (tertiary/aromatic N) is 1. The minimum Gasteiger partial charge on any atom is -0.390 e. The number of aliphatic hydroxyl groups excluding tert-OH is 1. The normalized spacial score (nSPS) is 14.7. The first-order chi connectivity index (χ1) is 7.01. The van der Waals surface area contributed by atoms with Crippen LogP contribution < -0.4 is 11.1 Å². The molecule has 0 heterocycles. The fourth-order valence-corrected chi connectivity index (χ4v) is 0.997. The molecule has 15 heavy (non-hydrogen) atoms. The van der Waals surface area contributed by atoms with E-state index in [2.05, 4.69) is 11.9 Å². The van der Waals surface area contributed by atoms with E-state index in [0.29, 0.717) is 6.54 Å². The van der Waals surface area contributed by atoms with Crippen molar-refractivity contribution in [3.63, 3.8) is 0 Å². The van der Waals surface area contributed by atoms with Gasteiger partial charge in [-0.25, -0.2) is 0 Å². The summed E-state index contributed by atoms with van der Waals surface area (Å²) in [4.78, 5) is 13.2. The fraction of sp³-hybridized carbons (Fsp3) is 0.700. The van der Waals surface area contributed by atoms with Crippen molar-refractivity contribution in [3.05, 3.63) is 12.7 Å². The minimum atomic E-state index is -0.707. The third-order valence-corrected chi connectivity index (χ3v) is 2.13. The van der Waals surface area contributed by atoms with E-state index in [-0.39, 0.29) is 12.5 Å². The van der Waals surface area contributed by atoms with Gasteiger partial charge < -0.3 is 21.1 Å². The second-order valence-electron chi connectivity index (χ2n) is 3.52. The molecular formula is C10H21N3O2. The molecule has 0 aromatic rings. The number of hydrogen-bond acceptors (Lipinski definition) is 4. The van der Waals surface area contributed by atoms with Gasteiger partial charge in [0.1, 0.15) is 6.04 Å². The zero-order valence-corrected chi connectivity index (χ0v) is 9.44. The van der Waals surface area contributed by atoms with Crippen molar-refractivity contribution < 1.29 is 9.90 Å². The number of carbonyl (C=O) groups excluding carboxylic acids is 1. The van der Waals surface area contributed by atoms with Crippen LogP contribution in [-0.2, 0) is 4.79 Å². The second kappa shape index (κ2) is 7.39. The highest BCUT2D eigenvalue weighted by Crippen LogP contribution is 1.88. The third-order valence-electron chi connectivity index (χ3n) is 2.13. The van der Waals surface area contributed by atoms with Crippen LogP contribution in [0, 0.1) is 0 Å². The first kappa shape index (κ1) is 14.1. The molecule has 0 radical (unpaired) electrons. The van der Waals surface area contributed by atoms with Gasteiger partial charge in [0.2, 0.25) is 5.91 Å². The molecule has 0 spiro atoms. The van der Waals surface area contributed by atoms with Crippen molar-refractivity contribution in [2.45, 2.75) is 19.1 Å². The standard InChI is InChI=1S/C10H21N3O2/c1-4-9(11)10(15)12-6-8(14)7-13(3)5-2/h4,8-9,14H,1,5-7,11H2,2-3H3,(H,12,15)/t8-,9-/m1/s1. The largest absolute Gasteiger partial charge is 0.390 e. The van der Waals surface area contributed by atoms with Crippen molar-refractivity contribution in [2.75, 3.05) is 26.7 Å². The molecule has 0 aliphatic heterocycles. The maximum atomic E-state index is 11.2. The van der Waals surface area contributed by atoms with Gasteiger partial charge in [-0.15, -0.1) is 6.58 Å². The molecule has 0 bridgehead atoms. The van der Waals surface area contributed by atoms with Crippen molar-refractivity contribution >= 4 is 5.91 Å². The Hall–Kier alpha value is -0.910. The van der Waals surface area contributed by atoms with Crippen LogP contribution in [0.2, 0.25) is 0 Å². The lowest BCUT2D eigenvalue weighted by Gasteiger charge is -2.19. The van der Waals surface area contributed by atoms with Crippen molar-refractivity contribution in [2.24, 2.45) is 5.73 Å². The summed E-state index contributed by atoms with van der Waals surface area (Å²) in [6.45, 7) is 7.01. The van der Waals surface area contributed by atoms with Gasteiger partial charge in [0.25, 0.3) is 0 Å². The Morgan fingerprint density at radius 3 is 2.80 bits per heavy atom. The van der Waals surface area contributed by atoms with Crippen molar-refractivity contribution in [3.8, 4) is 0 Å². The Balaban J connectivity index is 3.75. The van der Waals surface area contributed by atoms with E-state index in [9.17, 15) is 9.90 Å². The Bertz CT molecular complexity index is 209. The molecule has 88 valence electrons. The summed E-state index contributed by atoms with van der Waals surface area (Å²) in [5.74, 6) is -0.316. The molecule has 0 aromatic heterocycles.